The molecule has 0 saturated heterocycles. The number of hydrogen-bond acceptors (Lipinski definition) is 3. The number of nitrogens with zero attached hydrogens (tertiary/aromatic N) is 1. The molecule has 0 fully saturated rings. The molecule has 0 aliphatic carbocycles. The summed E-state index contributed by atoms with van der Waals surface area (Å²) in [6, 6.07) is 22.9. The minimum atomic E-state index is -3.67. The van der Waals surface area contributed by atoms with Gasteiger partial charge in [0, 0.05) is 12.6 Å². The van der Waals surface area contributed by atoms with Crippen LogP contribution in [0.4, 0.5) is 5.69 Å². The minimum Gasteiger partial charge on any atom is -0.346 e. The lowest BCUT2D eigenvalue weighted by molar-refractivity contribution is 0.0940. The lowest BCUT2D eigenvalue weighted by atomic mass is 10.1. The second kappa shape index (κ2) is 8.49. The van der Waals surface area contributed by atoms with E-state index in [0.29, 0.717) is 16.8 Å². The summed E-state index contributed by atoms with van der Waals surface area (Å²) in [4.78, 5) is 12.9. The van der Waals surface area contributed by atoms with Crippen molar-refractivity contribution in [2.75, 3.05) is 11.4 Å². The summed E-state index contributed by atoms with van der Waals surface area (Å²) >= 11 is 0. The Balaban J connectivity index is 1.80. The van der Waals surface area contributed by atoms with Crippen LogP contribution in [0.15, 0.2) is 83.8 Å². The van der Waals surface area contributed by atoms with E-state index in [1.807, 2.05) is 37.3 Å². The van der Waals surface area contributed by atoms with Gasteiger partial charge in [-0.15, -0.1) is 0 Å². The third-order valence-electron chi connectivity index (χ3n) is 4.85. The predicted octanol–water partition coefficient (Wildman–Crippen LogP) is 4.31. The second-order valence-electron chi connectivity index (χ2n) is 6.89. The highest BCUT2D eigenvalue weighted by Gasteiger charge is 2.23. The molecule has 0 radical (unpaired) electrons. The molecule has 29 heavy (non-hydrogen) atoms. The Morgan fingerprint density at radius 1 is 0.931 bits per heavy atom. The zero-order valence-electron chi connectivity index (χ0n) is 16.7. The van der Waals surface area contributed by atoms with Gasteiger partial charge in [-0.3, -0.25) is 9.10 Å². The molecule has 0 saturated carbocycles. The van der Waals surface area contributed by atoms with Gasteiger partial charge in [0.25, 0.3) is 15.9 Å². The summed E-state index contributed by atoms with van der Waals surface area (Å²) in [6.45, 7) is 3.72. The molecule has 0 spiro atoms. The van der Waals surface area contributed by atoms with E-state index in [2.05, 4.69) is 5.32 Å². The van der Waals surface area contributed by atoms with Crippen LogP contribution in [0.2, 0.25) is 0 Å². The fourth-order valence-corrected chi connectivity index (χ4v) is 4.42. The summed E-state index contributed by atoms with van der Waals surface area (Å²) in [6.07, 6.45) is 0. The van der Waals surface area contributed by atoms with Gasteiger partial charge < -0.3 is 5.32 Å². The van der Waals surface area contributed by atoms with Crippen LogP contribution in [0.3, 0.4) is 0 Å². The number of anilines is 1. The molecule has 3 rings (SSSR count). The quantitative estimate of drug-likeness (QED) is 0.661. The topological polar surface area (TPSA) is 66.5 Å². The van der Waals surface area contributed by atoms with Crippen molar-refractivity contribution in [3.8, 4) is 0 Å². The largest absolute Gasteiger partial charge is 0.346 e. The van der Waals surface area contributed by atoms with Crippen molar-refractivity contribution in [1.82, 2.24) is 5.32 Å². The summed E-state index contributed by atoms with van der Waals surface area (Å²) < 4.78 is 26.9. The lowest BCUT2D eigenvalue weighted by Crippen LogP contribution is -2.28. The number of sulfonamides is 1. The van der Waals surface area contributed by atoms with Crippen molar-refractivity contribution in [1.29, 1.82) is 0 Å². The van der Waals surface area contributed by atoms with E-state index in [1.54, 1.807) is 55.5 Å². The van der Waals surface area contributed by atoms with E-state index in [4.69, 9.17) is 0 Å². The highest BCUT2D eigenvalue weighted by Crippen LogP contribution is 2.26. The van der Waals surface area contributed by atoms with Crippen LogP contribution in [0.1, 0.15) is 34.5 Å². The Labute approximate surface area is 172 Å². The number of aryl methyl sites for hydroxylation is 1. The SMILES string of the molecule is Cc1cc(C(=O)N[C@H](C)c2ccccc2)ccc1N(C)S(=O)(=O)c1ccccc1. The van der Waals surface area contributed by atoms with E-state index in [-0.39, 0.29) is 16.8 Å². The third-order valence-corrected chi connectivity index (χ3v) is 6.63. The van der Waals surface area contributed by atoms with Crippen molar-refractivity contribution in [3.05, 3.63) is 95.6 Å². The molecule has 0 aliphatic rings. The number of benzene rings is 3. The van der Waals surface area contributed by atoms with Gasteiger partial charge in [-0.2, -0.15) is 0 Å². The lowest BCUT2D eigenvalue weighted by Gasteiger charge is -2.22. The maximum atomic E-state index is 12.9. The van der Waals surface area contributed by atoms with Crippen LogP contribution in [-0.2, 0) is 10.0 Å². The van der Waals surface area contributed by atoms with Crippen LogP contribution < -0.4 is 9.62 Å². The summed E-state index contributed by atoms with van der Waals surface area (Å²) in [7, 11) is -2.15. The first kappa shape index (κ1) is 20.6. The Bertz CT molecular complexity index is 1100. The molecule has 0 unspecified atom stereocenters. The van der Waals surface area contributed by atoms with Crippen molar-refractivity contribution in [3.63, 3.8) is 0 Å². The van der Waals surface area contributed by atoms with Crippen LogP contribution in [-0.4, -0.2) is 21.4 Å². The van der Waals surface area contributed by atoms with Gasteiger partial charge in [0.2, 0.25) is 0 Å². The average Bonchev–Trinajstić information content (AvgIpc) is 2.74. The number of hydrogen-bond donors (Lipinski definition) is 1. The molecule has 0 heterocycles. The second-order valence-corrected chi connectivity index (χ2v) is 8.86. The average molecular weight is 409 g/mol. The molecule has 1 atom stereocenters. The van der Waals surface area contributed by atoms with Crippen LogP contribution in [0, 0.1) is 6.92 Å². The van der Waals surface area contributed by atoms with E-state index < -0.39 is 10.0 Å². The molecule has 1 amide bonds. The first-order valence-corrected chi connectivity index (χ1v) is 10.7. The van der Waals surface area contributed by atoms with Crippen LogP contribution in [0.5, 0.6) is 0 Å². The van der Waals surface area contributed by atoms with Gasteiger partial charge in [0.1, 0.15) is 0 Å². The molecule has 6 heteroatoms. The number of nitrogens with one attached hydrogen (secondary N) is 1. The van der Waals surface area contributed by atoms with Crippen molar-refractivity contribution >= 4 is 21.6 Å². The van der Waals surface area contributed by atoms with E-state index in [0.717, 1.165) is 5.56 Å². The van der Waals surface area contributed by atoms with Crippen molar-refractivity contribution in [2.45, 2.75) is 24.8 Å². The molecule has 1 N–H and O–H groups in total. The molecule has 0 bridgehead atoms. The van der Waals surface area contributed by atoms with Gasteiger partial charge >= 0.3 is 0 Å². The van der Waals surface area contributed by atoms with Crippen molar-refractivity contribution < 1.29 is 13.2 Å². The summed E-state index contributed by atoms with van der Waals surface area (Å²) in [5.74, 6) is -0.204. The summed E-state index contributed by atoms with van der Waals surface area (Å²) in [5.41, 5.74) is 2.73. The van der Waals surface area contributed by atoms with Gasteiger partial charge in [-0.1, -0.05) is 48.5 Å². The highest BCUT2D eigenvalue weighted by molar-refractivity contribution is 7.92. The van der Waals surface area contributed by atoms with Gasteiger partial charge in [-0.05, 0) is 55.3 Å². The molecule has 3 aromatic carbocycles. The monoisotopic (exact) mass is 408 g/mol. The third kappa shape index (κ3) is 4.49. The van der Waals surface area contributed by atoms with E-state index in [1.165, 1.54) is 11.4 Å². The Morgan fingerprint density at radius 2 is 1.52 bits per heavy atom. The van der Waals surface area contributed by atoms with Crippen molar-refractivity contribution in [2.24, 2.45) is 0 Å². The van der Waals surface area contributed by atoms with E-state index >= 15 is 0 Å². The van der Waals surface area contributed by atoms with Crippen LogP contribution >= 0.6 is 0 Å². The fraction of sp³-hybridized carbons (Fsp3) is 0.174. The number of rotatable bonds is 6. The Hall–Kier alpha value is -3.12. The Kier molecular flexibility index (Phi) is 6.03. The molecule has 0 aromatic heterocycles. The minimum absolute atomic E-state index is 0.134. The first-order valence-electron chi connectivity index (χ1n) is 9.31. The van der Waals surface area contributed by atoms with Gasteiger partial charge in [-0.25, -0.2) is 8.42 Å². The van der Waals surface area contributed by atoms with Crippen LogP contribution in [0.25, 0.3) is 0 Å². The zero-order chi connectivity index (χ0) is 21.0. The molecular formula is C23H24N2O3S. The maximum absolute atomic E-state index is 12.9. The zero-order valence-corrected chi connectivity index (χ0v) is 17.5. The predicted molar refractivity (Wildman–Crippen MR) is 116 cm³/mol. The smallest absolute Gasteiger partial charge is 0.264 e. The molecular weight excluding hydrogens is 384 g/mol. The molecule has 150 valence electrons. The maximum Gasteiger partial charge on any atom is 0.264 e. The molecule has 5 nitrogen and oxygen atoms in total. The summed E-state index contributed by atoms with van der Waals surface area (Å²) in [5, 5.41) is 2.97. The van der Waals surface area contributed by atoms with Gasteiger partial charge in [0.05, 0.1) is 16.6 Å². The Morgan fingerprint density at radius 3 is 2.10 bits per heavy atom. The number of carbonyl (C=O) groups is 1. The number of amides is 1. The highest BCUT2D eigenvalue weighted by atomic mass is 32.2. The molecule has 3 aromatic rings. The molecule has 0 aliphatic heterocycles. The van der Waals surface area contributed by atoms with Gasteiger partial charge in [0.15, 0.2) is 0 Å². The van der Waals surface area contributed by atoms with E-state index in [9.17, 15) is 13.2 Å². The normalized spacial score (nSPS) is 12.2. The standard InChI is InChI=1S/C23H24N2O3S/c1-17-16-20(23(26)24-18(2)19-10-6-4-7-11-19)14-15-22(17)25(3)29(27,28)21-12-8-5-9-13-21/h4-16,18H,1-3H3,(H,24,26)/t18-/m1/s1. The fourth-order valence-electron chi connectivity index (χ4n) is 3.14. The first-order chi connectivity index (χ1) is 13.8. The number of carbonyl (C=O) groups excluding carboxylic acids is 1.